The number of nitrogens with zero attached hydrogens (tertiary/aromatic N) is 1. The lowest BCUT2D eigenvalue weighted by molar-refractivity contribution is -0.116. The van der Waals surface area contributed by atoms with Gasteiger partial charge in [0.15, 0.2) is 0 Å². The molecule has 1 aliphatic heterocycles. The fourth-order valence-corrected chi connectivity index (χ4v) is 4.88. The minimum absolute atomic E-state index is 0.0596. The van der Waals surface area contributed by atoms with Gasteiger partial charge in [-0.15, -0.1) is 0 Å². The van der Waals surface area contributed by atoms with E-state index in [1.807, 2.05) is 18.2 Å². The van der Waals surface area contributed by atoms with E-state index in [0.717, 1.165) is 62.5 Å². The van der Waals surface area contributed by atoms with Gasteiger partial charge in [0.1, 0.15) is 0 Å². The second-order valence-electron chi connectivity index (χ2n) is 8.18. The number of hydrogen-bond donors (Lipinski definition) is 2. The molecule has 1 heterocycles. The number of carbonyl (C=O) groups is 1. The minimum Gasteiger partial charge on any atom is -0.379 e. The molecular formula is C23H29N3O4S. The molecule has 2 aromatic rings. The van der Waals surface area contributed by atoms with E-state index in [1.54, 1.807) is 24.3 Å². The lowest BCUT2D eigenvalue weighted by Gasteiger charge is -2.26. The Morgan fingerprint density at radius 2 is 1.77 bits per heavy atom. The van der Waals surface area contributed by atoms with Crippen molar-refractivity contribution in [2.24, 2.45) is 0 Å². The van der Waals surface area contributed by atoms with Gasteiger partial charge in [0.2, 0.25) is 15.9 Å². The molecule has 0 unspecified atom stereocenters. The van der Waals surface area contributed by atoms with E-state index in [4.69, 9.17) is 4.74 Å². The molecule has 2 aromatic carbocycles. The molecule has 1 amide bonds. The van der Waals surface area contributed by atoms with Crippen LogP contribution in [0.2, 0.25) is 0 Å². The number of rotatable bonds is 9. The predicted molar refractivity (Wildman–Crippen MR) is 119 cm³/mol. The minimum atomic E-state index is -3.44. The second-order valence-corrected chi connectivity index (χ2v) is 9.89. The van der Waals surface area contributed by atoms with Crippen molar-refractivity contribution in [3.05, 3.63) is 59.7 Å². The first-order valence-electron chi connectivity index (χ1n) is 10.8. The van der Waals surface area contributed by atoms with Gasteiger partial charge < -0.3 is 10.1 Å². The van der Waals surface area contributed by atoms with Crippen molar-refractivity contribution >= 4 is 21.6 Å². The molecule has 0 bridgehead atoms. The van der Waals surface area contributed by atoms with Gasteiger partial charge in [-0.2, -0.15) is 0 Å². The highest BCUT2D eigenvalue weighted by molar-refractivity contribution is 7.89. The summed E-state index contributed by atoms with van der Waals surface area (Å²) in [4.78, 5) is 15.0. The fraction of sp³-hybridized carbons (Fsp3) is 0.435. The van der Waals surface area contributed by atoms with E-state index < -0.39 is 10.0 Å². The van der Waals surface area contributed by atoms with Crippen LogP contribution in [0.4, 0.5) is 5.69 Å². The van der Waals surface area contributed by atoms with Gasteiger partial charge in [0.05, 0.1) is 18.1 Å². The zero-order valence-corrected chi connectivity index (χ0v) is 18.4. The van der Waals surface area contributed by atoms with E-state index in [-0.39, 0.29) is 16.8 Å². The summed E-state index contributed by atoms with van der Waals surface area (Å²) in [6.07, 6.45) is 2.70. The van der Waals surface area contributed by atoms with E-state index in [9.17, 15) is 13.2 Å². The maximum atomic E-state index is 12.4. The van der Waals surface area contributed by atoms with Crippen LogP contribution in [0.15, 0.2) is 53.4 Å². The third-order valence-corrected chi connectivity index (χ3v) is 7.03. The van der Waals surface area contributed by atoms with Gasteiger partial charge in [0.25, 0.3) is 0 Å². The van der Waals surface area contributed by atoms with Gasteiger partial charge >= 0.3 is 0 Å². The highest BCUT2D eigenvalue weighted by atomic mass is 32.2. The fourth-order valence-electron chi connectivity index (χ4n) is 3.57. The molecule has 0 radical (unpaired) electrons. The molecule has 7 nitrogen and oxygen atoms in total. The Bertz CT molecular complexity index is 998. The average molecular weight is 444 g/mol. The zero-order chi connectivity index (χ0) is 21.7. The van der Waals surface area contributed by atoms with Crippen LogP contribution in [0.1, 0.15) is 30.4 Å². The summed E-state index contributed by atoms with van der Waals surface area (Å²) in [5.41, 5.74) is 2.89. The summed E-state index contributed by atoms with van der Waals surface area (Å²) in [5.74, 6) is -0.0596. The van der Waals surface area contributed by atoms with Crippen LogP contribution < -0.4 is 10.0 Å². The van der Waals surface area contributed by atoms with Gasteiger partial charge in [-0.05, 0) is 54.7 Å². The van der Waals surface area contributed by atoms with Crippen LogP contribution in [0.3, 0.4) is 0 Å². The monoisotopic (exact) mass is 443 g/mol. The lowest BCUT2D eigenvalue weighted by Crippen LogP contribution is -2.35. The maximum absolute atomic E-state index is 12.4. The first-order chi connectivity index (χ1) is 15.0. The van der Waals surface area contributed by atoms with Crippen molar-refractivity contribution in [2.45, 2.75) is 43.2 Å². The number of amides is 1. The van der Waals surface area contributed by atoms with E-state index in [2.05, 4.69) is 21.0 Å². The highest BCUT2D eigenvalue weighted by Gasteiger charge is 2.27. The van der Waals surface area contributed by atoms with Crippen LogP contribution in [-0.4, -0.2) is 51.6 Å². The topological polar surface area (TPSA) is 87.7 Å². The molecule has 2 N–H and O–H groups in total. The van der Waals surface area contributed by atoms with Crippen LogP contribution in [-0.2, 0) is 32.5 Å². The number of carbonyl (C=O) groups excluding carboxylic acids is 1. The highest BCUT2D eigenvalue weighted by Crippen LogP contribution is 2.22. The standard InChI is InChI=1S/C23H29N3O4S/c27-23(24-21-3-1-2-19(16-21)17-26-12-14-30-15-13-26)11-6-18-4-9-22(10-5-18)31(28,29)25-20-7-8-20/h1-5,9-10,16,20,25H,6-8,11-15,17H2,(H,24,27). The molecule has 1 saturated carbocycles. The molecule has 166 valence electrons. The Hall–Kier alpha value is -2.26. The molecule has 31 heavy (non-hydrogen) atoms. The number of anilines is 1. The van der Waals surface area contributed by atoms with Crippen molar-refractivity contribution in [3.63, 3.8) is 0 Å². The first-order valence-corrected chi connectivity index (χ1v) is 12.3. The summed E-state index contributed by atoms with van der Waals surface area (Å²) in [7, 11) is -3.44. The Labute approximate surface area is 183 Å². The van der Waals surface area contributed by atoms with Crippen molar-refractivity contribution in [1.82, 2.24) is 9.62 Å². The largest absolute Gasteiger partial charge is 0.379 e. The molecule has 0 aromatic heterocycles. The Kier molecular flexibility index (Phi) is 7.02. The first kappa shape index (κ1) is 22.0. The van der Waals surface area contributed by atoms with Crippen molar-refractivity contribution in [3.8, 4) is 0 Å². The summed E-state index contributed by atoms with van der Waals surface area (Å²) in [6, 6.07) is 14.8. The Balaban J connectivity index is 1.26. The number of hydrogen-bond acceptors (Lipinski definition) is 5. The number of aryl methyl sites for hydroxylation is 1. The molecule has 1 aliphatic carbocycles. The Morgan fingerprint density at radius 3 is 2.48 bits per heavy atom. The summed E-state index contributed by atoms with van der Waals surface area (Å²) in [5, 5.41) is 2.97. The number of benzene rings is 2. The van der Waals surface area contributed by atoms with Crippen molar-refractivity contribution in [1.29, 1.82) is 0 Å². The quantitative estimate of drug-likeness (QED) is 0.622. The van der Waals surface area contributed by atoms with Gasteiger partial charge in [-0.3, -0.25) is 9.69 Å². The van der Waals surface area contributed by atoms with E-state index in [1.165, 1.54) is 0 Å². The van der Waals surface area contributed by atoms with Crippen LogP contribution in [0, 0.1) is 0 Å². The summed E-state index contributed by atoms with van der Waals surface area (Å²) < 4.78 is 32.5. The third kappa shape index (κ3) is 6.61. The van der Waals surface area contributed by atoms with E-state index >= 15 is 0 Å². The molecule has 2 aliphatic rings. The smallest absolute Gasteiger partial charge is 0.240 e. The maximum Gasteiger partial charge on any atom is 0.240 e. The SMILES string of the molecule is O=C(CCc1ccc(S(=O)(=O)NC2CC2)cc1)Nc1cccc(CN2CCOCC2)c1. The summed E-state index contributed by atoms with van der Waals surface area (Å²) >= 11 is 0. The lowest BCUT2D eigenvalue weighted by atomic mass is 10.1. The molecular weight excluding hydrogens is 414 g/mol. The molecule has 2 fully saturated rings. The number of morpholine rings is 1. The van der Waals surface area contributed by atoms with Crippen LogP contribution >= 0.6 is 0 Å². The number of sulfonamides is 1. The molecule has 0 atom stereocenters. The molecule has 8 heteroatoms. The van der Waals surface area contributed by atoms with Gasteiger partial charge in [-0.1, -0.05) is 24.3 Å². The molecule has 4 rings (SSSR count). The normalized spacial score (nSPS) is 17.4. The van der Waals surface area contributed by atoms with Crippen LogP contribution in [0.5, 0.6) is 0 Å². The van der Waals surface area contributed by atoms with Crippen molar-refractivity contribution in [2.75, 3.05) is 31.6 Å². The van der Waals surface area contributed by atoms with Gasteiger partial charge in [-0.25, -0.2) is 13.1 Å². The van der Waals surface area contributed by atoms with Crippen molar-refractivity contribution < 1.29 is 17.9 Å². The zero-order valence-electron chi connectivity index (χ0n) is 17.5. The third-order valence-electron chi connectivity index (χ3n) is 5.49. The number of ether oxygens (including phenoxy) is 1. The molecule has 0 spiro atoms. The van der Waals surface area contributed by atoms with E-state index in [0.29, 0.717) is 12.8 Å². The van der Waals surface area contributed by atoms with Crippen LogP contribution in [0.25, 0.3) is 0 Å². The number of nitrogens with one attached hydrogen (secondary N) is 2. The second kappa shape index (κ2) is 9.91. The summed E-state index contributed by atoms with van der Waals surface area (Å²) in [6.45, 7) is 4.22. The molecule has 1 saturated heterocycles. The predicted octanol–water partition coefficient (Wildman–Crippen LogP) is 2.53. The van der Waals surface area contributed by atoms with Gasteiger partial charge in [0, 0.05) is 37.8 Å². The Morgan fingerprint density at radius 1 is 1.03 bits per heavy atom. The average Bonchev–Trinajstić information content (AvgIpc) is 3.57.